The quantitative estimate of drug-likeness (QED) is 0.0464. The van der Waals surface area contributed by atoms with Crippen molar-refractivity contribution in [1.82, 2.24) is 16.0 Å². The second-order valence-electron chi connectivity index (χ2n) is 8.05. The molecule has 0 saturated carbocycles. The van der Waals surface area contributed by atoms with Gasteiger partial charge in [0.1, 0.15) is 18.1 Å². The number of benzene rings is 1. The Labute approximate surface area is 218 Å². The second kappa shape index (κ2) is 16.0. The van der Waals surface area contributed by atoms with E-state index in [1.54, 1.807) is 30.3 Å². The van der Waals surface area contributed by atoms with Gasteiger partial charge in [-0.25, -0.2) is 4.79 Å². The number of nitrogens with two attached hydrogens (primary N) is 3. The lowest BCUT2D eigenvalue weighted by molar-refractivity contribution is -0.147. The fourth-order valence-electron chi connectivity index (χ4n) is 3.11. The third-order valence-corrected chi connectivity index (χ3v) is 5.41. The summed E-state index contributed by atoms with van der Waals surface area (Å²) in [5.74, 6) is -5.44. The maximum Gasteiger partial charge on any atom is 0.326 e. The monoisotopic (exact) mass is 539 g/mol. The van der Waals surface area contributed by atoms with Crippen molar-refractivity contribution in [2.45, 2.75) is 49.9 Å². The molecule has 0 aliphatic heterocycles. The van der Waals surface area contributed by atoms with Crippen LogP contribution < -0.4 is 33.2 Å². The fourth-order valence-corrected chi connectivity index (χ4v) is 3.28. The number of aliphatic imine (C=N–C) groups is 1. The van der Waals surface area contributed by atoms with Crippen molar-refractivity contribution >= 4 is 48.2 Å². The minimum Gasteiger partial charge on any atom is -0.481 e. The highest BCUT2D eigenvalue weighted by Gasteiger charge is 2.31. The highest BCUT2D eigenvalue weighted by atomic mass is 32.1. The number of rotatable bonds is 16. The molecule has 3 amide bonds. The number of aliphatic carboxylic acids is 2. The molecule has 0 aromatic heterocycles. The number of nitrogens with zero attached hydrogens (tertiary/aromatic N) is 1. The number of amides is 3. The van der Waals surface area contributed by atoms with Gasteiger partial charge >= 0.3 is 11.9 Å². The van der Waals surface area contributed by atoms with Crippen LogP contribution in [-0.4, -0.2) is 82.3 Å². The van der Waals surface area contributed by atoms with Crippen LogP contribution in [0.5, 0.6) is 0 Å². The Kier molecular flexibility index (Phi) is 13.5. The van der Waals surface area contributed by atoms with Crippen LogP contribution in [0.15, 0.2) is 35.3 Å². The molecule has 204 valence electrons. The zero-order valence-electron chi connectivity index (χ0n) is 20.0. The highest BCUT2D eigenvalue weighted by Crippen LogP contribution is 2.07. The molecule has 0 spiro atoms. The summed E-state index contributed by atoms with van der Waals surface area (Å²) in [5.41, 5.74) is 17.0. The maximum atomic E-state index is 13.2. The normalized spacial score (nSPS) is 13.8. The Balaban J connectivity index is 3.13. The Morgan fingerprint density at radius 1 is 0.892 bits per heavy atom. The van der Waals surface area contributed by atoms with Gasteiger partial charge in [0.25, 0.3) is 0 Å². The molecule has 0 aliphatic carbocycles. The zero-order valence-corrected chi connectivity index (χ0v) is 20.9. The molecule has 37 heavy (non-hydrogen) atoms. The van der Waals surface area contributed by atoms with Crippen molar-refractivity contribution in [2.24, 2.45) is 22.2 Å². The molecule has 0 heterocycles. The Bertz CT molecular complexity index is 973. The molecule has 0 bridgehead atoms. The third-order valence-electron chi connectivity index (χ3n) is 5.02. The van der Waals surface area contributed by atoms with Crippen LogP contribution in [0.4, 0.5) is 0 Å². The van der Waals surface area contributed by atoms with Gasteiger partial charge in [-0.1, -0.05) is 30.3 Å². The minimum absolute atomic E-state index is 0.0179. The minimum atomic E-state index is -1.73. The zero-order chi connectivity index (χ0) is 28.0. The molecule has 0 radical (unpaired) electrons. The van der Waals surface area contributed by atoms with E-state index < -0.39 is 60.2 Å². The van der Waals surface area contributed by atoms with Crippen LogP contribution in [0.3, 0.4) is 0 Å². The maximum absolute atomic E-state index is 13.2. The average molecular weight is 540 g/mol. The summed E-state index contributed by atoms with van der Waals surface area (Å²) in [6.07, 6.45) is -0.607. The molecule has 0 fully saturated rings. The van der Waals surface area contributed by atoms with Gasteiger partial charge in [0.15, 0.2) is 5.96 Å². The van der Waals surface area contributed by atoms with Crippen LogP contribution >= 0.6 is 12.6 Å². The molecule has 1 rings (SSSR count). The van der Waals surface area contributed by atoms with Gasteiger partial charge in [-0.15, -0.1) is 0 Å². The lowest BCUT2D eigenvalue weighted by Gasteiger charge is -2.25. The van der Waals surface area contributed by atoms with E-state index in [-0.39, 0.29) is 37.5 Å². The van der Waals surface area contributed by atoms with Gasteiger partial charge in [0, 0.05) is 18.7 Å². The molecule has 4 unspecified atom stereocenters. The molecule has 0 saturated heterocycles. The second-order valence-corrected chi connectivity index (χ2v) is 8.41. The topological polar surface area (TPSA) is 252 Å². The lowest BCUT2D eigenvalue weighted by atomic mass is 10.0. The average Bonchev–Trinajstić information content (AvgIpc) is 2.84. The lowest BCUT2D eigenvalue weighted by Crippen LogP contribution is -2.58. The Hall–Kier alpha value is -3.85. The van der Waals surface area contributed by atoms with E-state index in [0.29, 0.717) is 5.56 Å². The van der Waals surface area contributed by atoms with Crippen molar-refractivity contribution in [1.29, 1.82) is 0 Å². The van der Waals surface area contributed by atoms with Crippen LogP contribution in [0.25, 0.3) is 0 Å². The van der Waals surface area contributed by atoms with Gasteiger partial charge in [0.2, 0.25) is 17.7 Å². The van der Waals surface area contributed by atoms with Gasteiger partial charge in [0.05, 0.1) is 12.5 Å². The van der Waals surface area contributed by atoms with Gasteiger partial charge < -0.3 is 43.4 Å². The van der Waals surface area contributed by atoms with Crippen LogP contribution in [0.1, 0.15) is 24.8 Å². The summed E-state index contributed by atoms with van der Waals surface area (Å²) in [7, 11) is 0. The number of thiol groups is 1. The number of hydrogen-bond donors (Lipinski definition) is 9. The molecule has 1 aromatic carbocycles. The predicted octanol–water partition coefficient (Wildman–Crippen LogP) is -2.45. The van der Waals surface area contributed by atoms with Gasteiger partial charge in [-0.3, -0.25) is 24.2 Å². The summed E-state index contributed by atoms with van der Waals surface area (Å²) in [4.78, 5) is 64.7. The van der Waals surface area contributed by atoms with E-state index in [1.807, 2.05) is 0 Å². The summed E-state index contributed by atoms with van der Waals surface area (Å²) in [5, 5.41) is 25.4. The molecule has 11 N–H and O–H groups in total. The molecule has 14 nitrogen and oxygen atoms in total. The van der Waals surface area contributed by atoms with Crippen molar-refractivity contribution < 1.29 is 34.2 Å². The summed E-state index contributed by atoms with van der Waals surface area (Å²) >= 11 is 3.99. The molecular weight excluding hydrogens is 506 g/mol. The molecule has 0 aliphatic rings. The number of carboxylic acid groups (broad SMARTS) is 2. The molecule has 1 aromatic rings. The number of carbonyl (C=O) groups is 5. The van der Waals surface area contributed by atoms with E-state index in [1.165, 1.54) is 0 Å². The van der Waals surface area contributed by atoms with Gasteiger partial charge in [-0.2, -0.15) is 12.6 Å². The van der Waals surface area contributed by atoms with Gasteiger partial charge in [-0.05, 0) is 18.4 Å². The highest BCUT2D eigenvalue weighted by molar-refractivity contribution is 7.80. The first kappa shape index (κ1) is 31.2. The smallest absolute Gasteiger partial charge is 0.326 e. The van der Waals surface area contributed by atoms with Crippen molar-refractivity contribution in [3.05, 3.63) is 35.9 Å². The van der Waals surface area contributed by atoms with Crippen molar-refractivity contribution in [2.75, 3.05) is 12.3 Å². The predicted molar refractivity (Wildman–Crippen MR) is 138 cm³/mol. The van der Waals surface area contributed by atoms with E-state index in [0.717, 1.165) is 0 Å². The van der Waals surface area contributed by atoms with Crippen LogP contribution in [0, 0.1) is 0 Å². The third kappa shape index (κ3) is 12.1. The van der Waals surface area contributed by atoms with E-state index >= 15 is 0 Å². The van der Waals surface area contributed by atoms with Crippen molar-refractivity contribution in [3.63, 3.8) is 0 Å². The van der Waals surface area contributed by atoms with Crippen LogP contribution in [0.2, 0.25) is 0 Å². The molecule has 15 heteroatoms. The SMILES string of the molecule is NC(N)=NCCCC(NC(=O)C(Cc1ccccc1)NC(=O)C(N)CS)C(=O)NC(CC(=O)O)C(=O)O. The standard InChI is InChI=1S/C22H33N7O7S/c23-13(11-37)18(32)28-15(9-12-5-2-1-3-6-12)20(34)27-14(7-4-8-26-22(24)25)19(33)29-16(21(35)36)10-17(30)31/h1-3,5-6,13-16,37H,4,7-11,23H2,(H,27,34)(H,28,32)(H,29,33)(H,30,31)(H,35,36)(H4,24,25,26). The molecule has 4 atom stereocenters. The first-order valence-corrected chi connectivity index (χ1v) is 11.9. The largest absolute Gasteiger partial charge is 0.481 e. The fraction of sp³-hybridized carbons (Fsp3) is 0.455. The van der Waals surface area contributed by atoms with Crippen LogP contribution in [-0.2, 0) is 30.4 Å². The number of guanidine groups is 1. The Morgan fingerprint density at radius 2 is 1.46 bits per heavy atom. The number of carbonyl (C=O) groups excluding carboxylic acids is 3. The molecular formula is C22H33N7O7S. The number of carboxylic acids is 2. The summed E-state index contributed by atoms with van der Waals surface area (Å²) in [6, 6.07) is 3.63. The van der Waals surface area contributed by atoms with E-state index in [2.05, 4.69) is 33.6 Å². The number of nitrogens with one attached hydrogen (secondary N) is 3. The Morgan fingerprint density at radius 3 is 2.00 bits per heavy atom. The summed E-state index contributed by atoms with van der Waals surface area (Å²) in [6.45, 7) is 0.112. The van der Waals surface area contributed by atoms with Crippen molar-refractivity contribution in [3.8, 4) is 0 Å². The van der Waals surface area contributed by atoms with E-state index in [9.17, 15) is 29.1 Å². The first-order chi connectivity index (χ1) is 17.4. The summed E-state index contributed by atoms with van der Waals surface area (Å²) < 4.78 is 0. The number of hydrogen-bond acceptors (Lipinski definition) is 8. The first-order valence-electron chi connectivity index (χ1n) is 11.3. The van der Waals surface area contributed by atoms with E-state index in [4.69, 9.17) is 22.3 Å².